The topological polar surface area (TPSA) is 86.6 Å². The molecule has 0 fully saturated rings. The second-order valence-corrected chi connectivity index (χ2v) is 5.20. The summed E-state index contributed by atoms with van der Waals surface area (Å²) in [5.74, 6) is -1.15. The van der Waals surface area contributed by atoms with Crippen LogP contribution in [0.25, 0.3) is 0 Å². The number of hydrogen-bond acceptors (Lipinski definition) is 3. The van der Waals surface area contributed by atoms with E-state index in [1.165, 1.54) is 6.07 Å². The zero-order valence-electron chi connectivity index (χ0n) is 11.4. The van der Waals surface area contributed by atoms with E-state index in [9.17, 15) is 14.7 Å². The van der Waals surface area contributed by atoms with Crippen molar-refractivity contribution in [2.75, 3.05) is 6.54 Å². The van der Waals surface area contributed by atoms with E-state index >= 15 is 0 Å². The number of carboxylic acids is 1. The molecule has 0 saturated carbocycles. The van der Waals surface area contributed by atoms with E-state index in [2.05, 4.69) is 5.32 Å². The molecule has 0 spiro atoms. The zero-order chi connectivity index (χ0) is 14.6. The molecule has 0 bridgehead atoms. The second kappa shape index (κ2) is 5.73. The van der Waals surface area contributed by atoms with Gasteiger partial charge in [-0.05, 0) is 44.9 Å². The minimum atomic E-state index is -0.894. The fraction of sp³-hybridized carbons (Fsp3) is 0.429. The molecule has 0 aliphatic carbocycles. The van der Waals surface area contributed by atoms with Crippen LogP contribution < -0.4 is 5.32 Å². The van der Waals surface area contributed by atoms with Gasteiger partial charge in [-0.15, -0.1) is 0 Å². The SMILES string of the molecule is Cc1ccc(C(=O)NCCC(C)(C)C(=O)O)cc1O. The van der Waals surface area contributed by atoms with Gasteiger partial charge in [0.1, 0.15) is 5.75 Å². The molecule has 5 heteroatoms. The molecular weight excluding hydrogens is 246 g/mol. The van der Waals surface area contributed by atoms with Crippen molar-refractivity contribution >= 4 is 11.9 Å². The van der Waals surface area contributed by atoms with Crippen LogP contribution in [-0.4, -0.2) is 28.6 Å². The summed E-state index contributed by atoms with van der Waals surface area (Å²) in [6, 6.07) is 4.67. The number of rotatable bonds is 5. The zero-order valence-corrected chi connectivity index (χ0v) is 11.4. The molecule has 0 aliphatic rings. The van der Waals surface area contributed by atoms with Crippen molar-refractivity contribution in [2.24, 2.45) is 5.41 Å². The largest absolute Gasteiger partial charge is 0.508 e. The average Bonchev–Trinajstić information content (AvgIpc) is 2.32. The molecule has 19 heavy (non-hydrogen) atoms. The van der Waals surface area contributed by atoms with Crippen LogP contribution in [0.15, 0.2) is 18.2 Å². The third-order valence-electron chi connectivity index (χ3n) is 3.09. The minimum absolute atomic E-state index is 0.0681. The van der Waals surface area contributed by atoms with Gasteiger partial charge in [0.2, 0.25) is 0 Å². The molecule has 1 amide bonds. The first kappa shape index (κ1) is 15.0. The van der Waals surface area contributed by atoms with E-state index in [4.69, 9.17) is 5.11 Å². The number of aryl methyl sites for hydroxylation is 1. The van der Waals surface area contributed by atoms with Gasteiger partial charge in [0.15, 0.2) is 0 Å². The van der Waals surface area contributed by atoms with Crippen LogP contribution in [0.3, 0.4) is 0 Å². The molecule has 5 nitrogen and oxygen atoms in total. The van der Waals surface area contributed by atoms with Gasteiger partial charge in [-0.2, -0.15) is 0 Å². The number of carbonyl (C=O) groups is 2. The third-order valence-corrected chi connectivity index (χ3v) is 3.09. The van der Waals surface area contributed by atoms with E-state index in [1.807, 2.05) is 0 Å². The first-order valence-electron chi connectivity index (χ1n) is 6.05. The summed E-state index contributed by atoms with van der Waals surface area (Å²) in [6.07, 6.45) is 0.339. The minimum Gasteiger partial charge on any atom is -0.508 e. The lowest BCUT2D eigenvalue weighted by Crippen LogP contribution is -2.31. The summed E-state index contributed by atoms with van der Waals surface area (Å²) >= 11 is 0. The maximum atomic E-state index is 11.8. The van der Waals surface area contributed by atoms with Crippen LogP contribution in [0, 0.1) is 12.3 Å². The average molecular weight is 265 g/mol. The summed E-state index contributed by atoms with van der Waals surface area (Å²) in [6.45, 7) is 5.23. The van der Waals surface area contributed by atoms with Gasteiger partial charge in [0.05, 0.1) is 5.41 Å². The Kier molecular flexibility index (Phi) is 4.53. The molecule has 0 unspecified atom stereocenters. The Morgan fingerprint density at radius 3 is 2.47 bits per heavy atom. The summed E-state index contributed by atoms with van der Waals surface area (Å²) in [5.41, 5.74) is 0.183. The molecular formula is C14H19NO4. The van der Waals surface area contributed by atoms with Gasteiger partial charge in [0, 0.05) is 12.1 Å². The molecule has 0 saturated heterocycles. The van der Waals surface area contributed by atoms with Gasteiger partial charge >= 0.3 is 5.97 Å². The van der Waals surface area contributed by atoms with Crippen LogP contribution >= 0.6 is 0 Å². The fourth-order valence-corrected chi connectivity index (χ4v) is 1.45. The Balaban J connectivity index is 2.57. The van der Waals surface area contributed by atoms with E-state index in [1.54, 1.807) is 32.9 Å². The van der Waals surface area contributed by atoms with Crippen LogP contribution in [-0.2, 0) is 4.79 Å². The first-order chi connectivity index (χ1) is 8.74. The maximum absolute atomic E-state index is 11.8. The van der Waals surface area contributed by atoms with Crippen LogP contribution in [0.2, 0.25) is 0 Å². The molecule has 1 aromatic carbocycles. The molecule has 1 rings (SSSR count). The Labute approximate surface area is 112 Å². The normalized spacial score (nSPS) is 11.1. The van der Waals surface area contributed by atoms with Crippen LogP contribution in [0.1, 0.15) is 36.2 Å². The van der Waals surface area contributed by atoms with Gasteiger partial charge in [0.25, 0.3) is 5.91 Å². The van der Waals surface area contributed by atoms with E-state index < -0.39 is 11.4 Å². The van der Waals surface area contributed by atoms with E-state index in [-0.39, 0.29) is 18.2 Å². The Hall–Kier alpha value is -2.04. The number of phenolic OH excluding ortho intramolecular Hbond substituents is 1. The molecule has 3 N–H and O–H groups in total. The summed E-state index contributed by atoms with van der Waals surface area (Å²) in [5, 5.41) is 21.1. The lowest BCUT2D eigenvalue weighted by molar-refractivity contribution is -0.147. The molecule has 104 valence electrons. The van der Waals surface area contributed by atoms with Crippen molar-refractivity contribution in [2.45, 2.75) is 27.2 Å². The smallest absolute Gasteiger partial charge is 0.309 e. The molecule has 0 aliphatic heterocycles. The van der Waals surface area contributed by atoms with Gasteiger partial charge in [-0.3, -0.25) is 9.59 Å². The molecule has 0 heterocycles. The van der Waals surface area contributed by atoms with E-state index in [0.717, 1.165) is 0 Å². The number of amides is 1. The predicted octanol–water partition coefficient (Wildman–Crippen LogP) is 1.93. The molecule has 0 aromatic heterocycles. The highest BCUT2D eigenvalue weighted by Gasteiger charge is 2.26. The Morgan fingerprint density at radius 2 is 1.95 bits per heavy atom. The number of carbonyl (C=O) groups excluding carboxylic acids is 1. The molecule has 1 aromatic rings. The fourth-order valence-electron chi connectivity index (χ4n) is 1.45. The standard InChI is InChI=1S/C14H19NO4/c1-9-4-5-10(8-11(9)16)12(17)15-7-6-14(2,3)13(18)19/h4-5,8,16H,6-7H2,1-3H3,(H,15,17)(H,18,19). The Bertz CT molecular complexity index is 494. The Morgan fingerprint density at radius 1 is 1.32 bits per heavy atom. The van der Waals surface area contributed by atoms with Crippen LogP contribution in [0.5, 0.6) is 5.75 Å². The number of hydrogen-bond donors (Lipinski definition) is 3. The first-order valence-corrected chi connectivity index (χ1v) is 6.05. The van der Waals surface area contributed by atoms with Gasteiger partial charge < -0.3 is 15.5 Å². The number of nitrogens with one attached hydrogen (secondary N) is 1. The number of aromatic hydroxyl groups is 1. The highest BCUT2D eigenvalue weighted by atomic mass is 16.4. The number of aliphatic carboxylic acids is 1. The quantitative estimate of drug-likeness (QED) is 0.759. The second-order valence-electron chi connectivity index (χ2n) is 5.20. The monoisotopic (exact) mass is 265 g/mol. The van der Waals surface area contributed by atoms with Crippen LogP contribution in [0.4, 0.5) is 0 Å². The lowest BCUT2D eigenvalue weighted by atomic mass is 9.90. The van der Waals surface area contributed by atoms with Crippen molar-refractivity contribution in [3.05, 3.63) is 29.3 Å². The van der Waals surface area contributed by atoms with Crippen molar-refractivity contribution < 1.29 is 19.8 Å². The molecule has 0 radical (unpaired) electrons. The van der Waals surface area contributed by atoms with Gasteiger partial charge in [-0.1, -0.05) is 6.07 Å². The maximum Gasteiger partial charge on any atom is 0.309 e. The van der Waals surface area contributed by atoms with E-state index in [0.29, 0.717) is 17.5 Å². The van der Waals surface area contributed by atoms with Gasteiger partial charge in [-0.25, -0.2) is 0 Å². The lowest BCUT2D eigenvalue weighted by Gasteiger charge is -2.18. The summed E-state index contributed by atoms with van der Waals surface area (Å²) in [7, 11) is 0. The van der Waals surface area contributed by atoms with Crippen molar-refractivity contribution in [1.82, 2.24) is 5.32 Å². The van der Waals surface area contributed by atoms with Crippen molar-refractivity contribution in [3.8, 4) is 5.75 Å². The molecule has 0 atom stereocenters. The number of phenols is 1. The van der Waals surface area contributed by atoms with Crippen molar-refractivity contribution in [1.29, 1.82) is 0 Å². The highest BCUT2D eigenvalue weighted by molar-refractivity contribution is 5.94. The number of benzene rings is 1. The van der Waals surface area contributed by atoms with Crippen molar-refractivity contribution in [3.63, 3.8) is 0 Å². The predicted molar refractivity (Wildman–Crippen MR) is 71.2 cm³/mol. The highest BCUT2D eigenvalue weighted by Crippen LogP contribution is 2.20. The summed E-state index contributed by atoms with van der Waals surface area (Å²) < 4.78 is 0. The number of carboxylic acid groups (broad SMARTS) is 1. The summed E-state index contributed by atoms with van der Waals surface area (Å²) in [4.78, 5) is 22.7. The third kappa shape index (κ3) is 3.98.